The molecular formula is C19H24N2O3. The molecule has 0 bridgehead atoms. The van der Waals surface area contributed by atoms with Crippen LogP contribution in [0.1, 0.15) is 37.5 Å². The van der Waals surface area contributed by atoms with Crippen molar-refractivity contribution >= 4 is 5.91 Å². The van der Waals surface area contributed by atoms with Crippen molar-refractivity contribution in [2.45, 2.75) is 38.9 Å². The number of hydrogen-bond acceptors (Lipinski definition) is 4. The first kappa shape index (κ1) is 17.9. The summed E-state index contributed by atoms with van der Waals surface area (Å²) in [4.78, 5) is 15.9. The molecule has 0 fully saturated rings. The molecule has 5 heteroatoms. The van der Waals surface area contributed by atoms with Crippen LogP contribution < -0.4 is 10.1 Å². The molecule has 1 atom stereocenters. The molecule has 1 heterocycles. The summed E-state index contributed by atoms with van der Waals surface area (Å²) in [5, 5.41) is 13.0. The van der Waals surface area contributed by atoms with Gasteiger partial charge < -0.3 is 15.2 Å². The Labute approximate surface area is 142 Å². The predicted octanol–water partition coefficient (Wildman–Crippen LogP) is 2.65. The number of aromatic nitrogens is 1. The molecule has 0 saturated heterocycles. The van der Waals surface area contributed by atoms with Gasteiger partial charge in [-0.15, -0.1) is 0 Å². The lowest BCUT2D eigenvalue weighted by atomic mass is 10.1. The largest absolute Gasteiger partial charge is 0.491 e. The molecule has 1 aromatic carbocycles. The van der Waals surface area contributed by atoms with Gasteiger partial charge in [-0.05, 0) is 49.6 Å². The third kappa shape index (κ3) is 6.01. The molecule has 5 nitrogen and oxygen atoms in total. The molecule has 0 spiro atoms. The predicted molar refractivity (Wildman–Crippen MR) is 92.7 cm³/mol. The highest BCUT2D eigenvalue weighted by Gasteiger charge is 2.11. The molecule has 0 aliphatic rings. The molecule has 0 radical (unpaired) electrons. The Balaban J connectivity index is 1.79. The van der Waals surface area contributed by atoms with Crippen molar-refractivity contribution < 1.29 is 14.6 Å². The third-order valence-corrected chi connectivity index (χ3v) is 3.47. The van der Waals surface area contributed by atoms with Gasteiger partial charge in [-0.3, -0.25) is 9.78 Å². The fourth-order valence-corrected chi connectivity index (χ4v) is 2.29. The van der Waals surface area contributed by atoms with Crippen molar-refractivity contribution in [2.24, 2.45) is 0 Å². The van der Waals surface area contributed by atoms with Gasteiger partial charge in [0.15, 0.2) is 0 Å². The Morgan fingerprint density at radius 3 is 2.83 bits per heavy atom. The molecule has 0 saturated carbocycles. The van der Waals surface area contributed by atoms with E-state index in [9.17, 15) is 9.90 Å². The van der Waals surface area contributed by atoms with Gasteiger partial charge in [0, 0.05) is 25.4 Å². The molecule has 2 aromatic rings. The van der Waals surface area contributed by atoms with Gasteiger partial charge in [0.2, 0.25) is 5.91 Å². The number of amides is 1. The van der Waals surface area contributed by atoms with Gasteiger partial charge in [0.05, 0.1) is 12.2 Å². The zero-order valence-electron chi connectivity index (χ0n) is 14.1. The quantitative estimate of drug-likeness (QED) is 0.781. The number of benzene rings is 1. The maximum atomic E-state index is 11.9. The van der Waals surface area contributed by atoms with E-state index < -0.39 is 6.10 Å². The van der Waals surface area contributed by atoms with Crippen LogP contribution in [0.25, 0.3) is 0 Å². The summed E-state index contributed by atoms with van der Waals surface area (Å²) in [6, 6.07) is 11.1. The highest BCUT2D eigenvalue weighted by atomic mass is 16.5. The highest BCUT2D eigenvalue weighted by molar-refractivity contribution is 5.76. The van der Waals surface area contributed by atoms with Crippen LogP contribution in [0.2, 0.25) is 0 Å². The summed E-state index contributed by atoms with van der Waals surface area (Å²) >= 11 is 0. The minimum atomic E-state index is -0.761. The van der Waals surface area contributed by atoms with Gasteiger partial charge in [-0.1, -0.05) is 18.2 Å². The van der Waals surface area contributed by atoms with Crippen LogP contribution in [0.15, 0.2) is 48.8 Å². The monoisotopic (exact) mass is 328 g/mol. The second-order valence-corrected chi connectivity index (χ2v) is 5.92. The van der Waals surface area contributed by atoms with E-state index in [1.165, 1.54) is 0 Å². The first-order valence-electron chi connectivity index (χ1n) is 8.15. The molecular weight excluding hydrogens is 304 g/mol. The van der Waals surface area contributed by atoms with Gasteiger partial charge >= 0.3 is 0 Å². The summed E-state index contributed by atoms with van der Waals surface area (Å²) < 4.78 is 5.61. The van der Waals surface area contributed by atoms with Crippen molar-refractivity contribution in [3.8, 4) is 5.75 Å². The summed E-state index contributed by atoms with van der Waals surface area (Å²) in [5.74, 6) is 0.622. The minimum Gasteiger partial charge on any atom is -0.491 e. The molecule has 0 aliphatic carbocycles. The number of aliphatic hydroxyl groups excluding tert-OH is 1. The standard InChI is InChI=1S/C19H24N2O3/c1-14(2)24-17-7-3-6-16(11-17)18(22)13-21-19(23)9-8-15-5-4-10-20-12-15/h3-7,10-12,14,18,22H,8-9,13H2,1-2H3,(H,21,23)/t18-/m0/s1. The average Bonchev–Trinajstić information content (AvgIpc) is 2.58. The minimum absolute atomic E-state index is 0.0737. The van der Waals surface area contributed by atoms with Crippen LogP contribution in [0.4, 0.5) is 0 Å². The van der Waals surface area contributed by atoms with Crippen molar-refractivity contribution in [1.29, 1.82) is 0 Å². The second-order valence-electron chi connectivity index (χ2n) is 5.92. The Hall–Kier alpha value is -2.40. The first-order valence-corrected chi connectivity index (χ1v) is 8.15. The van der Waals surface area contributed by atoms with E-state index in [0.717, 1.165) is 11.1 Å². The number of aliphatic hydroxyl groups is 1. The lowest BCUT2D eigenvalue weighted by Crippen LogP contribution is -2.28. The summed E-state index contributed by atoms with van der Waals surface area (Å²) in [6.45, 7) is 4.08. The van der Waals surface area contributed by atoms with E-state index in [2.05, 4.69) is 10.3 Å². The van der Waals surface area contributed by atoms with Crippen molar-refractivity contribution in [2.75, 3.05) is 6.54 Å². The number of carbonyl (C=O) groups is 1. The second kappa shape index (κ2) is 9.03. The van der Waals surface area contributed by atoms with Crippen molar-refractivity contribution in [3.05, 3.63) is 59.9 Å². The molecule has 2 rings (SSSR count). The SMILES string of the molecule is CC(C)Oc1cccc([C@@H](O)CNC(=O)CCc2cccnc2)c1. The number of hydrogen-bond donors (Lipinski definition) is 2. The molecule has 24 heavy (non-hydrogen) atoms. The van der Waals surface area contributed by atoms with E-state index in [1.807, 2.05) is 44.2 Å². The van der Waals surface area contributed by atoms with Crippen molar-refractivity contribution in [1.82, 2.24) is 10.3 Å². The fraction of sp³-hybridized carbons (Fsp3) is 0.368. The average molecular weight is 328 g/mol. The Bertz CT molecular complexity index is 644. The summed E-state index contributed by atoms with van der Waals surface area (Å²) in [6.07, 6.45) is 3.77. The van der Waals surface area contributed by atoms with E-state index in [-0.39, 0.29) is 18.6 Å². The first-order chi connectivity index (χ1) is 11.5. The molecule has 0 aliphatic heterocycles. The normalized spacial score (nSPS) is 12.0. The van der Waals surface area contributed by atoms with E-state index in [1.54, 1.807) is 18.5 Å². The smallest absolute Gasteiger partial charge is 0.220 e. The molecule has 1 aromatic heterocycles. The van der Waals surface area contributed by atoms with Crippen LogP contribution in [-0.2, 0) is 11.2 Å². The van der Waals surface area contributed by atoms with Gasteiger partial charge in [-0.25, -0.2) is 0 Å². The number of aryl methyl sites for hydroxylation is 1. The van der Waals surface area contributed by atoms with Gasteiger partial charge in [0.25, 0.3) is 0 Å². The topological polar surface area (TPSA) is 71.5 Å². The molecule has 2 N–H and O–H groups in total. The lowest BCUT2D eigenvalue weighted by molar-refractivity contribution is -0.121. The summed E-state index contributed by atoms with van der Waals surface area (Å²) in [5.41, 5.74) is 1.74. The maximum absolute atomic E-state index is 11.9. The number of rotatable bonds is 8. The van der Waals surface area contributed by atoms with Crippen LogP contribution in [0.3, 0.4) is 0 Å². The Kier molecular flexibility index (Phi) is 6.75. The summed E-state index contributed by atoms with van der Waals surface area (Å²) in [7, 11) is 0. The third-order valence-electron chi connectivity index (χ3n) is 3.47. The van der Waals surface area contributed by atoms with Gasteiger partial charge in [-0.2, -0.15) is 0 Å². The van der Waals surface area contributed by atoms with E-state index >= 15 is 0 Å². The zero-order valence-corrected chi connectivity index (χ0v) is 14.1. The number of ether oxygens (including phenoxy) is 1. The van der Waals surface area contributed by atoms with Crippen LogP contribution in [-0.4, -0.2) is 28.6 Å². The van der Waals surface area contributed by atoms with Crippen LogP contribution >= 0.6 is 0 Å². The molecule has 1 amide bonds. The molecule has 0 unspecified atom stereocenters. The molecule has 128 valence electrons. The zero-order chi connectivity index (χ0) is 17.4. The number of nitrogens with one attached hydrogen (secondary N) is 1. The van der Waals surface area contributed by atoms with Crippen molar-refractivity contribution in [3.63, 3.8) is 0 Å². The number of carbonyl (C=O) groups excluding carboxylic acids is 1. The number of nitrogens with zero attached hydrogens (tertiary/aromatic N) is 1. The van der Waals surface area contributed by atoms with E-state index in [4.69, 9.17) is 4.74 Å². The van der Waals surface area contributed by atoms with Crippen LogP contribution in [0, 0.1) is 0 Å². The van der Waals surface area contributed by atoms with E-state index in [0.29, 0.717) is 18.6 Å². The maximum Gasteiger partial charge on any atom is 0.220 e. The number of pyridine rings is 1. The van der Waals surface area contributed by atoms with Gasteiger partial charge in [0.1, 0.15) is 5.75 Å². The van der Waals surface area contributed by atoms with Crippen LogP contribution in [0.5, 0.6) is 5.75 Å². The lowest BCUT2D eigenvalue weighted by Gasteiger charge is -2.15. The fourth-order valence-electron chi connectivity index (χ4n) is 2.29. The Morgan fingerprint density at radius 2 is 2.12 bits per heavy atom. The highest BCUT2D eigenvalue weighted by Crippen LogP contribution is 2.20. The Morgan fingerprint density at radius 1 is 1.29 bits per heavy atom.